The summed E-state index contributed by atoms with van der Waals surface area (Å²) in [5.74, 6) is -0.767. The second-order valence-electron chi connectivity index (χ2n) is 3.44. The van der Waals surface area contributed by atoms with Gasteiger partial charge < -0.3 is 10.8 Å². The van der Waals surface area contributed by atoms with E-state index in [0.717, 1.165) is 16.7 Å². The number of benzene rings is 1. The molecule has 1 aromatic rings. The van der Waals surface area contributed by atoms with Gasteiger partial charge in [-0.1, -0.05) is 24.3 Å². The van der Waals surface area contributed by atoms with E-state index in [1.165, 1.54) is 0 Å². The lowest BCUT2D eigenvalue weighted by Gasteiger charge is -2.02. The number of carbonyl (C=O) groups is 1. The summed E-state index contributed by atoms with van der Waals surface area (Å²) >= 11 is 0. The van der Waals surface area contributed by atoms with Crippen LogP contribution >= 0.6 is 0 Å². The summed E-state index contributed by atoms with van der Waals surface area (Å²) in [6, 6.07) is 7.78. The van der Waals surface area contributed by atoms with Crippen LogP contribution < -0.4 is 5.73 Å². The van der Waals surface area contributed by atoms with E-state index < -0.39 is 5.97 Å². The van der Waals surface area contributed by atoms with Gasteiger partial charge in [-0.15, -0.1) is 0 Å². The highest BCUT2D eigenvalue weighted by atomic mass is 16.4. The molecule has 1 rings (SSSR count). The van der Waals surface area contributed by atoms with Crippen molar-refractivity contribution in [2.45, 2.75) is 19.8 Å². The van der Waals surface area contributed by atoms with E-state index in [4.69, 9.17) is 10.8 Å². The van der Waals surface area contributed by atoms with Gasteiger partial charge in [0.2, 0.25) is 0 Å². The van der Waals surface area contributed by atoms with Crippen LogP contribution in [-0.4, -0.2) is 11.1 Å². The number of aliphatic carboxylic acids is 1. The lowest BCUT2D eigenvalue weighted by atomic mass is 10.0. The molecule has 0 aliphatic heterocycles. The Morgan fingerprint density at radius 3 is 2.47 bits per heavy atom. The highest BCUT2D eigenvalue weighted by molar-refractivity contribution is 5.67. The first-order valence-corrected chi connectivity index (χ1v) is 4.83. The lowest BCUT2D eigenvalue weighted by molar-refractivity contribution is -0.136. The Morgan fingerprint density at radius 1 is 1.40 bits per heavy atom. The predicted octanol–water partition coefficient (Wildman–Crippen LogP) is 2.02. The van der Waals surface area contributed by atoms with Crippen molar-refractivity contribution >= 4 is 11.5 Å². The van der Waals surface area contributed by atoms with Crippen molar-refractivity contribution < 1.29 is 9.90 Å². The predicted molar refractivity (Wildman–Crippen MR) is 60.2 cm³/mol. The first kappa shape index (κ1) is 11.3. The molecule has 0 spiro atoms. The maximum absolute atomic E-state index is 10.4. The molecule has 0 bridgehead atoms. The van der Waals surface area contributed by atoms with Crippen LogP contribution in [0, 0.1) is 0 Å². The molecule has 0 saturated carbocycles. The number of allylic oxidation sites excluding steroid dienone is 1. The fourth-order valence-electron chi connectivity index (χ4n) is 1.28. The summed E-state index contributed by atoms with van der Waals surface area (Å²) in [5, 5.41) is 8.53. The van der Waals surface area contributed by atoms with Crippen LogP contribution in [0.4, 0.5) is 0 Å². The van der Waals surface area contributed by atoms with E-state index in [2.05, 4.69) is 0 Å². The van der Waals surface area contributed by atoms with Crippen LogP contribution in [0.15, 0.2) is 30.5 Å². The second-order valence-corrected chi connectivity index (χ2v) is 3.44. The van der Waals surface area contributed by atoms with Gasteiger partial charge in [-0.05, 0) is 36.2 Å². The minimum Gasteiger partial charge on any atom is -0.481 e. The summed E-state index contributed by atoms with van der Waals surface area (Å²) in [4.78, 5) is 10.4. The molecule has 80 valence electrons. The Balaban J connectivity index is 2.68. The molecule has 0 heterocycles. The van der Waals surface area contributed by atoms with E-state index in [0.29, 0.717) is 6.42 Å². The molecular weight excluding hydrogens is 190 g/mol. The molecule has 0 aliphatic rings. The van der Waals surface area contributed by atoms with Gasteiger partial charge in [0.15, 0.2) is 0 Å². The number of hydrogen-bond acceptors (Lipinski definition) is 2. The molecule has 3 nitrogen and oxygen atoms in total. The first-order valence-electron chi connectivity index (χ1n) is 4.83. The maximum Gasteiger partial charge on any atom is 0.303 e. The zero-order chi connectivity index (χ0) is 11.3. The van der Waals surface area contributed by atoms with Gasteiger partial charge in [-0.3, -0.25) is 4.79 Å². The SMILES string of the molecule is C/C(=C/N)c1ccc(CCC(=O)O)cc1. The van der Waals surface area contributed by atoms with E-state index >= 15 is 0 Å². The van der Waals surface area contributed by atoms with Gasteiger partial charge in [0, 0.05) is 6.42 Å². The zero-order valence-corrected chi connectivity index (χ0v) is 8.73. The number of nitrogens with two attached hydrogens (primary N) is 1. The van der Waals surface area contributed by atoms with Gasteiger partial charge in [0.25, 0.3) is 0 Å². The lowest BCUT2D eigenvalue weighted by Crippen LogP contribution is -1.97. The summed E-state index contributed by atoms with van der Waals surface area (Å²) in [6.45, 7) is 1.94. The van der Waals surface area contributed by atoms with Crippen molar-refractivity contribution in [2.24, 2.45) is 5.73 Å². The quantitative estimate of drug-likeness (QED) is 0.790. The van der Waals surface area contributed by atoms with E-state index in [-0.39, 0.29) is 6.42 Å². The number of rotatable bonds is 4. The average molecular weight is 205 g/mol. The third-order valence-electron chi connectivity index (χ3n) is 2.29. The number of carboxylic acid groups (broad SMARTS) is 1. The van der Waals surface area contributed by atoms with Gasteiger partial charge in [-0.2, -0.15) is 0 Å². The largest absolute Gasteiger partial charge is 0.481 e. The van der Waals surface area contributed by atoms with Crippen LogP contribution in [-0.2, 0) is 11.2 Å². The maximum atomic E-state index is 10.4. The van der Waals surface area contributed by atoms with Crippen LogP contribution in [0.25, 0.3) is 5.57 Å². The third-order valence-corrected chi connectivity index (χ3v) is 2.29. The number of carboxylic acids is 1. The summed E-state index contributed by atoms with van der Waals surface area (Å²) in [7, 11) is 0. The Kier molecular flexibility index (Phi) is 3.92. The highest BCUT2D eigenvalue weighted by Gasteiger charge is 1.99. The smallest absolute Gasteiger partial charge is 0.303 e. The topological polar surface area (TPSA) is 63.3 Å². The van der Waals surface area contributed by atoms with E-state index in [1.54, 1.807) is 6.20 Å². The molecule has 0 unspecified atom stereocenters. The molecule has 1 aromatic carbocycles. The molecule has 3 heteroatoms. The minimum atomic E-state index is -0.767. The summed E-state index contributed by atoms with van der Waals surface area (Å²) < 4.78 is 0. The van der Waals surface area contributed by atoms with Crippen molar-refractivity contribution in [2.75, 3.05) is 0 Å². The van der Waals surface area contributed by atoms with Crippen LogP contribution in [0.1, 0.15) is 24.5 Å². The van der Waals surface area contributed by atoms with Crippen LogP contribution in [0.2, 0.25) is 0 Å². The molecule has 0 aromatic heterocycles. The Hall–Kier alpha value is -1.77. The van der Waals surface area contributed by atoms with Gasteiger partial charge in [0.05, 0.1) is 0 Å². The van der Waals surface area contributed by atoms with Gasteiger partial charge in [0.1, 0.15) is 0 Å². The highest BCUT2D eigenvalue weighted by Crippen LogP contribution is 2.14. The molecular formula is C12H15NO2. The van der Waals surface area contributed by atoms with E-state index in [1.807, 2.05) is 31.2 Å². The minimum absolute atomic E-state index is 0.172. The molecule has 3 N–H and O–H groups in total. The third kappa shape index (κ3) is 3.46. The van der Waals surface area contributed by atoms with Crippen molar-refractivity contribution in [1.29, 1.82) is 0 Å². The summed E-state index contributed by atoms with van der Waals surface area (Å²) in [6.07, 6.45) is 2.30. The zero-order valence-electron chi connectivity index (χ0n) is 8.73. The van der Waals surface area contributed by atoms with Crippen molar-refractivity contribution in [3.05, 3.63) is 41.6 Å². The monoisotopic (exact) mass is 205 g/mol. The Morgan fingerprint density at radius 2 is 2.00 bits per heavy atom. The molecule has 0 radical (unpaired) electrons. The Bertz CT molecular complexity index is 366. The van der Waals surface area contributed by atoms with Crippen LogP contribution in [0.5, 0.6) is 0 Å². The van der Waals surface area contributed by atoms with Gasteiger partial charge >= 0.3 is 5.97 Å². The number of hydrogen-bond donors (Lipinski definition) is 2. The standard InChI is InChI=1S/C12H15NO2/c1-9(8-13)11-5-2-10(3-6-11)4-7-12(14)15/h2-3,5-6,8H,4,7,13H2,1H3,(H,14,15)/b9-8-. The van der Waals surface area contributed by atoms with Crippen molar-refractivity contribution in [3.63, 3.8) is 0 Å². The van der Waals surface area contributed by atoms with Crippen LogP contribution in [0.3, 0.4) is 0 Å². The molecule has 0 atom stereocenters. The molecule has 0 fully saturated rings. The molecule has 0 aliphatic carbocycles. The molecule has 0 saturated heterocycles. The first-order chi connectivity index (χ1) is 7.13. The normalized spacial score (nSPS) is 11.4. The number of aryl methyl sites for hydroxylation is 1. The molecule has 0 amide bonds. The second kappa shape index (κ2) is 5.20. The van der Waals surface area contributed by atoms with Crippen molar-refractivity contribution in [3.8, 4) is 0 Å². The van der Waals surface area contributed by atoms with Crippen molar-refractivity contribution in [1.82, 2.24) is 0 Å². The van der Waals surface area contributed by atoms with Gasteiger partial charge in [-0.25, -0.2) is 0 Å². The molecule has 15 heavy (non-hydrogen) atoms. The Labute approximate surface area is 89.2 Å². The fourth-order valence-corrected chi connectivity index (χ4v) is 1.28. The summed E-state index contributed by atoms with van der Waals surface area (Å²) in [5.41, 5.74) is 8.51. The fraction of sp³-hybridized carbons (Fsp3) is 0.250. The average Bonchev–Trinajstić information content (AvgIpc) is 2.26. The van der Waals surface area contributed by atoms with E-state index in [9.17, 15) is 4.79 Å².